The van der Waals surface area contributed by atoms with E-state index in [9.17, 15) is 4.79 Å². The Morgan fingerprint density at radius 3 is 2.86 bits per heavy atom. The van der Waals surface area contributed by atoms with E-state index in [-0.39, 0.29) is 5.91 Å². The van der Waals surface area contributed by atoms with Crippen LogP contribution in [0.1, 0.15) is 18.4 Å². The van der Waals surface area contributed by atoms with E-state index in [0.717, 1.165) is 37.3 Å². The molecule has 1 fully saturated rings. The number of nitrogens with zero attached hydrogens (tertiary/aromatic N) is 2. The number of aromatic nitrogens is 1. The molecule has 146 valence electrons. The van der Waals surface area contributed by atoms with Crippen molar-refractivity contribution in [2.75, 3.05) is 25.4 Å². The van der Waals surface area contributed by atoms with Crippen LogP contribution in [0, 0.1) is 5.92 Å². The Bertz CT molecular complexity index is 879. The number of carbonyl (C=O) groups is 1. The summed E-state index contributed by atoms with van der Waals surface area (Å²) >= 11 is 1.34. The first kappa shape index (κ1) is 19.0. The van der Waals surface area contributed by atoms with Crippen molar-refractivity contribution in [2.24, 2.45) is 5.92 Å². The fraction of sp³-hybridized carbons (Fsp3) is 0.364. The van der Waals surface area contributed by atoms with Crippen molar-refractivity contribution in [2.45, 2.75) is 24.6 Å². The molecule has 0 radical (unpaired) electrons. The molecule has 6 heteroatoms. The summed E-state index contributed by atoms with van der Waals surface area (Å²) in [5.41, 5.74) is 2.93. The third kappa shape index (κ3) is 5.14. The van der Waals surface area contributed by atoms with Crippen LogP contribution in [-0.2, 0) is 11.3 Å². The number of nitrogens with one attached hydrogen (secondary N) is 1. The lowest BCUT2D eigenvalue weighted by molar-refractivity contribution is -0.118. The number of hydrogen-bond acceptors (Lipinski definition) is 5. The minimum Gasteiger partial charge on any atom is -0.431 e. The number of piperidine rings is 1. The van der Waals surface area contributed by atoms with E-state index in [2.05, 4.69) is 45.5 Å². The van der Waals surface area contributed by atoms with Gasteiger partial charge in [0.05, 0.1) is 5.75 Å². The normalized spacial score (nSPS) is 17.6. The number of thioether (sulfide) groups is 1. The average molecular weight is 396 g/mol. The zero-order chi connectivity index (χ0) is 19.2. The highest BCUT2D eigenvalue weighted by atomic mass is 32.2. The van der Waals surface area contributed by atoms with Crippen LogP contribution >= 0.6 is 11.8 Å². The molecule has 1 aliphatic rings. The highest BCUT2D eigenvalue weighted by molar-refractivity contribution is 7.99. The summed E-state index contributed by atoms with van der Waals surface area (Å²) in [6.45, 7) is 3.89. The van der Waals surface area contributed by atoms with Gasteiger partial charge in [0.25, 0.3) is 5.22 Å². The van der Waals surface area contributed by atoms with E-state index < -0.39 is 0 Å². The molecule has 1 amide bonds. The molecule has 0 bridgehead atoms. The van der Waals surface area contributed by atoms with E-state index in [4.69, 9.17) is 4.42 Å². The minimum atomic E-state index is 0.0347. The Labute approximate surface area is 169 Å². The maximum atomic E-state index is 12.2. The van der Waals surface area contributed by atoms with Crippen molar-refractivity contribution < 1.29 is 9.21 Å². The molecule has 2 aromatic carbocycles. The van der Waals surface area contributed by atoms with Gasteiger partial charge in [0.15, 0.2) is 5.58 Å². The molecule has 2 heterocycles. The van der Waals surface area contributed by atoms with Gasteiger partial charge in [-0.15, -0.1) is 0 Å². The molecule has 1 saturated heterocycles. The Hall–Kier alpha value is -2.31. The van der Waals surface area contributed by atoms with Gasteiger partial charge in [0.1, 0.15) is 5.52 Å². The lowest BCUT2D eigenvalue weighted by Gasteiger charge is -2.32. The molecule has 0 spiro atoms. The lowest BCUT2D eigenvalue weighted by atomic mass is 9.97. The van der Waals surface area contributed by atoms with Crippen LogP contribution in [0.4, 0.5) is 0 Å². The second-order valence-electron chi connectivity index (χ2n) is 7.27. The van der Waals surface area contributed by atoms with Gasteiger partial charge in [-0.2, -0.15) is 0 Å². The van der Waals surface area contributed by atoms with Crippen molar-refractivity contribution in [1.82, 2.24) is 15.2 Å². The van der Waals surface area contributed by atoms with Gasteiger partial charge in [-0.1, -0.05) is 54.2 Å². The highest BCUT2D eigenvalue weighted by Gasteiger charge is 2.20. The van der Waals surface area contributed by atoms with Gasteiger partial charge in [-0.25, -0.2) is 4.98 Å². The van der Waals surface area contributed by atoms with E-state index >= 15 is 0 Å². The quantitative estimate of drug-likeness (QED) is 0.614. The Morgan fingerprint density at radius 1 is 1.18 bits per heavy atom. The number of fused-ring (bicyclic) bond motifs is 1. The Balaban J connectivity index is 1.20. The molecule has 1 aromatic heterocycles. The molecular formula is C22H25N3O2S. The van der Waals surface area contributed by atoms with E-state index in [0.29, 0.717) is 16.9 Å². The van der Waals surface area contributed by atoms with Gasteiger partial charge >= 0.3 is 0 Å². The van der Waals surface area contributed by atoms with Crippen molar-refractivity contribution >= 4 is 28.8 Å². The zero-order valence-electron chi connectivity index (χ0n) is 15.8. The molecule has 0 aliphatic carbocycles. The molecule has 1 atom stereocenters. The molecule has 0 saturated carbocycles. The van der Waals surface area contributed by atoms with Gasteiger partial charge in [0, 0.05) is 19.6 Å². The van der Waals surface area contributed by atoms with Crippen LogP contribution < -0.4 is 5.32 Å². The van der Waals surface area contributed by atoms with E-state index in [1.165, 1.54) is 30.2 Å². The van der Waals surface area contributed by atoms with Gasteiger partial charge in [-0.05, 0) is 43.0 Å². The Morgan fingerprint density at radius 2 is 2.00 bits per heavy atom. The first-order valence-electron chi connectivity index (χ1n) is 9.77. The van der Waals surface area contributed by atoms with Crippen molar-refractivity contribution in [3.8, 4) is 0 Å². The van der Waals surface area contributed by atoms with Gasteiger partial charge in [0.2, 0.25) is 5.91 Å². The fourth-order valence-corrected chi connectivity index (χ4v) is 4.32. The number of benzene rings is 2. The molecule has 28 heavy (non-hydrogen) atoms. The highest BCUT2D eigenvalue weighted by Crippen LogP contribution is 2.23. The molecule has 3 aromatic rings. The van der Waals surface area contributed by atoms with Crippen LogP contribution in [0.3, 0.4) is 0 Å². The third-order valence-electron chi connectivity index (χ3n) is 5.04. The van der Waals surface area contributed by atoms with Crippen LogP contribution in [0.2, 0.25) is 0 Å². The Kier molecular flexibility index (Phi) is 6.29. The summed E-state index contributed by atoms with van der Waals surface area (Å²) in [6, 6.07) is 18.2. The predicted molar refractivity (Wildman–Crippen MR) is 112 cm³/mol. The van der Waals surface area contributed by atoms with Crippen molar-refractivity contribution in [1.29, 1.82) is 0 Å². The van der Waals surface area contributed by atoms with Crippen LogP contribution in [0.15, 0.2) is 64.2 Å². The summed E-state index contributed by atoms with van der Waals surface area (Å²) in [7, 11) is 0. The van der Waals surface area contributed by atoms with Crippen molar-refractivity contribution in [3.05, 3.63) is 60.2 Å². The molecule has 1 aliphatic heterocycles. The number of carbonyl (C=O) groups excluding carboxylic acids is 1. The standard InChI is InChI=1S/C22H25N3O2S/c26-21(16-28-22-24-19-10-4-5-11-20(19)27-22)23-13-18-9-6-12-25(15-18)14-17-7-2-1-3-8-17/h1-5,7-8,10-11,18H,6,9,12-16H2,(H,23,26). The number of hydrogen-bond donors (Lipinski definition) is 1. The number of oxazole rings is 1. The molecular weight excluding hydrogens is 370 g/mol. The fourth-order valence-electron chi connectivity index (χ4n) is 3.65. The summed E-state index contributed by atoms with van der Waals surface area (Å²) in [4.78, 5) is 19.1. The average Bonchev–Trinajstić information content (AvgIpc) is 3.15. The van der Waals surface area contributed by atoms with E-state index in [1.807, 2.05) is 24.3 Å². The number of likely N-dealkylation sites (tertiary alicyclic amines) is 1. The second-order valence-corrected chi connectivity index (χ2v) is 8.20. The topological polar surface area (TPSA) is 58.4 Å². The summed E-state index contributed by atoms with van der Waals surface area (Å²) in [5.74, 6) is 0.871. The number of amides is 1. The SMILES string of the molecule is O=C(CSc1nc2ccccc2o1)NCC1CCCN(Cc2ccccc2)C1. The summed E-state index contributed by atoms with van der Waals surface area (Å²) in [5, 5.41) is 3.63. The maximum Gasteiger partial charge on any atom is 0.257 e. The lowest BCUT2D eigenvalue weighted by Crippen LogP contribution is -2.40. The predicted octanol–water partition coefficient (Wildman–Crippen LogP) is 3.95. The largest absolute Gasteiger partial charge is 0.431 e. The molecule has 4 rings (SSSR count). The van der Waals surface area contributed by atoms with Crippen LogP contribution in [-0.4, -0.2) is 41.2 Å². The smallest absolute Gasteiger partial charge is 0.257 e. The zero-order valence-corrected chi connectivity index (χ0v) is 16.7. The third-order valence-corrected chi connectivity index (χ3v) is 5.87. The van der Waals surface area contributed by atoms with Gasteiger partial charge < -0.3 is 9.73 Å². The first-order valence-corrected chi connectivity index (χ1v) is 10.8. The maximum absolute atomic E-state index is 12.2. The van der Waals surface area contributed by atoms with E-state index in [1.54, 1.807) is 0 Å². The van der Waals surface area contributed by atoms with Gasteiger partial charge in [-0.3, -0.25) is 9.69 Å². The molecule has 5 nitrogen and oxygen atoms in total. The van der Waals surface area contributed by atoms with Crippen molar-refractivity contribution in [3.63, 3.8) is 0 Å². The summed E-state index contributed by atoms with van der Waals surface area (Å²) < 4.78 is 5.65. The van der Waals surface area contributed by atoms with Crippen LogP contribution in [0.25, 0.3) is 11.1 Å². The summed E-state index contributed by atoms with van der Waals surface area (Å²) in [6.07, 6.45) is 2.36. The minimum absolute atomic E-state index is 0.0347. The van der Waals surface area contributed by atoms with Crippen LogP contribution in [0.5, 0.6) is 0 Å². The number of para-hydroxylation sites is 2. The first-order chi connectivity index (χ1) is 13.8. The second kappa shape index (κ2) is 9.26. The molecule has 1 N–H and O–H groups in total. The monoisotopic (exact) mass is 395 g/mol. The number of rotatable bonds is 7. The molecule has 1 unspecified atom stereocenters.